The second-order valence-corrected chi connectivity index (χ2v) is 9.18. The van der Waals surface area contributed by atoms with Crippen molar-refractivity contribution in [3.63, 3.8) is 0 Å². The standard InChI is InChI=1S/C19H27N3O2.C10H9F3O3/c1-15-5-6-18(20-3)12-19(15)17(13-21(4)14-23)11-16(2)22-7-9-24-10-8-22;11-10(12,13)8-3-6(4-14)1-2-7(8)9(16)5-15/h5-6,11-14,20H,7-10H2,1-4H3;1-4,9,15-16H,5H2/b16-11+,17-13+;. The molecule has 3 rings (SSSR count). The van der Waals surface area contributed by atoms with Gasteiger partial charge in [-0.2, -0.15) is 13.2 Å². The molecule has 0 aliphatic carbocycles. The van der Waals surface area contributed by atoms with Gasteiger partial charge in [-0.1, -0.05) is 18.2 Å². The van der Waals surface area contributed by atoms with E-state index in [1.165, 1.54) is 11.3 Å². The number of halogens is 3. The summed E-state index contributed by atoms with van der Waals surface area (Å²) < 4.78 is 43.1. The highest BCUT2D eigenvalue weighted by atomic mass is 19.4. The SMILES string of the molecule is CNc1ccc(C)c(C(=C/N(C)C=O)/C=C(\C)N2CCOCC2)c1.O=Cc1ccc(C(O)CO)c(C(F)(F)F)c1. The zero-order chi connectivity index (χ0) is 29.9. The van der Waals surface area contributed by atoms with Crippen molar-refractivity contribution >= 4 is 24.0 Å². The summed E-state index contributed by atoms with van der Waals surface area (Å²) >= 11 is 0. The summed E-state index contributed by atoms with van der Waals surface area (Å²) in [7, 11) is 3.66. The van der Waals surface area contributed by atoms with Crippen molar-refractivity contribution in [2.75, 3.05) is 52.3 Å². The van der Waals surface area contributed by atoms with Crippen LogP contribution in [0, 0.1) is 6.92 Å². The number of hydrogen-bond donors (Lipinski definition) is 3. The maximum atomic E-state index is 12.6. The first kappa shape index (κ1) is 32.5. The Morgan fingerprint density at radius 3 is 2.40 bits per heavy atom. The van der Waals surface area contributed by atoms with Crippen LogP contribution in [0.25, 0.3) is 5.57 Å². The number of amides is 1. The fourth-order valence-electron chi connectivity index (χ4n) is 4.04. The average molecular weight is 564 g/mol. The summed E-state index contributed by atoms with van der Waals surface area (Å²) in [6.45, 7) is 6.69. The Labute approximate surface area is 232 Å². The fraction of sp³-hybridized carbons (Fsp3) is 0.379. The average Bonchev–Trinajstić information content (AvgIpc) is 2.96. The minimum atomic E-state index is -4.68. The molecule has 1 aliphatic heterocycles. The summed E-state index contributed by atoms with van der Waals surface area (Å²) in [6.07, 6.45) is -1.17. The van der Waals surface area contributed by atoms with Gasteiger partial charge in [-0.25, -0.2) is 0 Å². The van der Waals surface area contributed by atoms with E-state index in [1.807, 2.05) is 13.2 Å². The van der Waals surface area contributed by atoms with Crippen molar-refractivity contribution in [1.82, 2.24) is 9.80 Å². The Kier molecular flexibility index (Phi) is 12.4. The Bertz CT molecular complexity index is 1210. The first-order valence-electron chi connectivity index (χ1n) is 12.6. The number of nitrogens with zero attached hydrogens (tertiary/aromatic N) is 2. The third-order valence-electron chi connectivity index (χ3n) is 6.27. The molecule has 1 aliphatic rings. The van der Waals surface area contributed by atoms with Crippen LogP contribution in [0.3, 0.4) is 0 Å². The molecule has 11 heteroatoms. The summed E-state index contributed by atoms with van der Waals surface area (Å²) in [5.74, 6) is 0. The first-order valence-corrected chi connectivity index (χ1v) is 12.6. The van der Waals surface area contributed by atoms with E-state index in [4.69, 9.17) is 9.84 Å². The number of aldehydes is 1. The van der Waals surface area contributed by atoms with E-state index in [2.05, 4.69) is 48.3 Å². The predicted octanol–water partition coefficient (Wildman–Crippen LogP) is 4.25. The minimum absolute atomic E-state index is 0.138. The molecule has 0 bridgehead atoms. The Balaban J connectivity index is 0.000000305. The largest absolute Gasteiger partial charge is 0.416 e. The number of hydrogen-bond acceptors (Lipinski definition) is 7. The lowest BCUT2D eigenvalue weighted by molar-refractivity contribution is -0.139. The van der Waals surface area contributed by atoms with Crippen molar-refractivity contribution in [2.45, 2.75) is 26.1 Å². The second-order valence-electron chi connectivity index (χ2n) is 9.18. The minimum Gasteiger partial charge on any atom is -0.393 e. The van der Waals surface area contributed by atoms with E-state index < -0.39 is 30.0 Å². The highest BCUT2D eigenvalue weighted by Crippen LogP contribution is 2.35. The van der Waals surface area contributed by atoms with Gasteiger partial charge in [0.2, 0.25) is 6.41 Å². The lowest BCUT2D eigenvalue weighted by Gasteiger charge is -2.29. The summed E-state index contributed by atoms with van der Waals surface area (Å²) in [5, 5.41) is 21.0. The van der Waals surface area contributed by atoms with Crippen molar-refractivity contribution in [3.05, 3.63) is 82.2 Å². The number of aliphatic hydroxyl groups excluding tert-OH is 2. The van der Waals surface area contributed by atoms with Crippen LogP contribution in [-0.2, 0) is 15.7 Å². The number of morpholine rings is 1. The van der Waals surface area contributed by atoms with Crippen LogP contribution in [0.4, 0.5) is 18.9 Å². The van der Waals surface area contributed by atoms with Gasteiger partial charge < -0.3 is 30.1 Å². The number of aliphatic hydroxyl groups is 2. The molecule has 3 N–H and O–H groups in total. The Morgan fingerprint density at radius 1 is 1.18 bits per heavy atom. The molecule has 8 nitrogen and oxygen atoms in total. The van der Waals surface area contributed by atoms with Gasteiger partial charge in [0.05, 0.1) is 25.4 Å². The molecule has 0 spiro atoms. The van der Waals surface area contributed by atoms with E-state index in [9.17, 15) is 27.9 Å². The number of anilines is 1. The zero-order valence-electron chi connectivity index (χ0n) is 23.0. The molecular formula is C29H36F3N3O5. The summed E-state index contributed by atoms with van der Waals surface area (Å²) in [4.78, 5) is 25.3. The van der Waals surface area contributed by atoms with Gasteiger partial charge in [0.25, 0.3) is 0 Å². The maximum Gasteiger partial charge on any atom is 0.416 e. The molecule has 1 unspecified atom stereocenters. The number of nitrogens with one attached hydrogen (secondary N) is 1. The smallest absolute Gasteiger partial charge is 0.393 e. The van der Waals surface area contributed by atoms with Crippen LogP contribution in [0.5, 0.6) is 0 Å². The number of rotatable bonds is 9. The van der Waals surface area contributed by atoms with Crippen LogP contribution in [-0.4, -0.2) is 79.7 Å². The first-order chi connectivity index (χ1) is 18.9. The molecule has 2 aromatic carbocycles. The van der Waals surface area contributed by atoms with Crippen LogP contribution in [0.2, 0.25) is 0 Å². The molecule has 1 saturated heterocycles. The maximum absolute atomic E-state index is 12.6. The number of allylic oxidation sites excluding steroid dienone is 3. The van der Waals surface area contributed by atoms with Gasteiger partial charge in [0.15, 0.2) is 0 Å². The highest BCUT2D eigenvalue weighted by Gasteiger charge is 2.35. The monoisotopic (exact) mass is 563 g/mol. The third kappa shape index (κ3) is 9.22. The van der Waals surface area contributed by atoms with Gasteiger partial charge in [-0.05, 0) is 54.8 Å². The molecule has 1 atom stereocenters. The normalized spacial score (nSPS) is 15.1. The van der Waals surface area contributed by atoms with E-state index in [1.54, 1.807) is 11.9 Å². The van der Waals surface area contributed by atoms with E-state index in [0.717, 1.165) is 61.7 Å². The topological polar surface area (TPSA) is 102 Å². The van der Waals surface area contributed by atoms with Crippen LogP contribution >= 0.6 is 0 Å². The molecule has 1 fully saturated rings. The Hall–Kier alpha value is -3.67. The molecule has 40 heavy (non-hydrogen) atoms. The molecular weight excluding hydrogens is 527 g/mol. The molecule has 0 aromatic heterocycles. The third-order valence-corrected chi connectivity index (χ3v) is 6.27. The highest BCUT2D eigenvalue weighted by molar-refractivity contribution is 5.79. The predicted molar refractivity (Wildman–Crippen MR) is 148 cm³/mol. The van der Waals surface area contributed by atoms with Crippen LogP contribution in [0.15, 0.2) is 54.4 Å². The van der Waals surface area contributed by atoms with Crippen molar-refractivity contribution in [1.29, 1.82) is 0 Å². The van der Waals surface area contributed by atoms with Crippen molar-refractivity contribution < 1.29 is 37.7 Å². The number of benzene rings is 2. The number of carbonyl (C=O) groups is 2. The molecule has 2 aromatic rings. The van der Waals surface area contributed by atoms with Gasteiger partial charge in [0.1, 0.15) is 12.4 Å². The van der Waals surface area contributed by atoms with Crippen molar-refractivity contribution in [3.8, 4) is 0 Å². The van der Waals surface area contributed by atoms with E-state index in [0.29, 0.717) is 6.07 Å². The second kappa shape index (κ2) is 15.2. The summed E-state index contributed by atoms with van der Waals surface area (Å²) in [6, 6.07) is 9.03. The molecule has 218 valence electrons. The number of carbonyl (C=O) groups excluding carboxylic acids is 2. The lowest BCUT2D eigenvalue weighted by atomic mass is 9.99. The van der Waals surface area contributed by atoms with Gasteiger partial charge >= 0.3 is 6.18 Å². The summed E-state index contributed by atoms with van der Waals surface area (Å²) in [5.41, 5.74) is 3.84. The molecule has 1 amide bonds. The molecule has 0 saturated carbocycles. The van der Waals surface area contributed by atoms with Crippen LogP contribution < -0.4 is 5.32 Å². The van der Waals surface area contributed by atoms with Gasteiger partial charge in [-0.15, -0.1) is 0 Å². The van der Waals surface area contributed by atoms with E-state index >= 15 is 0 Å². The van der Waals surface area contributed by atoms with E-state index in [-0.39, 0.29) is 11.8 Å². The molecule has 1 heterocycles. The van der Waals surface area contributed by atoms with Crippen molar-refractivity contribution in [2.24, 2.45) is 0 Å². The lowest BCUT2D eigenvalue weighted by Crippen LogP contribution is -2.34. The quantitative estimate of drug-likeness (QED) is 0.310. The Morgan fingerprint density at radius 2 is 1.85 bits per heavy atom. The molecule has 0 radical (unpaired) electrons. The zero-order valence-corrected chi connectivity index (χ0v) is 23.0. The number of alkyl halides is 3. The van der Waals surface area contributed by atoms with Gasteiger partial charge in [-0.3, -0.25) is 9.59 Å². The fourth-order valence-corrected chi connectivity index (χ4v) is 4.04. The number of ether oxygens (including phenoxy) is 1. The van der Waals surface area contributed by atoms with Gasteiger partial charge in [0, 0.05) is 55.9 Å². The van der Waals surface area contributed by atoms with Crippen LogP contribution in [0.1, 0.15) is 45.6 Å². The number of aryl methyl sites for hydroxylation is 1.